The monoisotopic (exact) mass is 308 g/mol. The Morgan fingerprint density at radius 1 is 1.43 bits per heavy atom. The Hall–Kier alpha value is -2.35. The van der Waals surface area contributed by atoms with Crippen LogP contribution in [0.3, 0.4) is 0 Å². The van der Waals surface area contributed by atoms with Gasteiger partial charge >= 0.3 is 0 Å². The highest BCUT2D eigenvalue weighted by Crippen LogP contribution is 2.41. The number of alkyl halides is 1. The lowest BCUT2D eigenvalue weighted by atomic mass is 9.95. The van der Waals surface area contributed by atoms with Gasteiger partial charge in [-0.05, 0) is 6.07 Å². The van der Waals surface area contributed by atoms with Gasteiger partial charge in [-0.1, -0.05) is 17.7 Å². The molecule has 108 valence electrons. The minimum atomic E-state index is -1.26. The van der Waals surface area contributed by atoms with Crippen molar-refractivity contribution in [3.8, 4) is 0 Å². The summed E-state index contributed by atoms with van der Waals surface area (Å²) in [5.41, 5.74) is -1.93. The van der Waals surface area contributed by atoms with Crippen LogP contribution in [0.4, 0.5) is 11.4 Å². The Balaban J connectivity index is 1.98. The number of amides is 2. The molecular weight excluding hydrogens is 300 g/mol. The molecule has 1 saturated heterocycles. The molecule has 21 heavy (non-hydrogen) atoms. The minimum absolute atomic E-state index is 0.124. The van der Waals surface area contributed by atoms with Gasteiger partial charge in [0.25, 0.3) is 11.6 Å². The van der Waals surface area contributed by atoms with Crippen molar-refractivity contribution in [1.29, 1.82) is 0 Å². The fraction of sp³-hybridized carbons (Fsp3) is 0.333. The van der Waals surface area contributed by atoms with Crippen LogP contribution in [-0.2, 0) is 9.59 Å². The quantitative estimate of drug-likeness (QED) is 0.274. The smallest absolute Gasteiger partial charge is 0.271 e. The largest absolute Gasteiger partial charge is 0.274 e. The average Bonchev–Trinajstić information content (AvgIpc) is 2.91. The summed E-state index contributed by atoms with van der Waals surface area (Å²) < 4.78 is 0. The van der Waals surface area contributed by atoms with Crippen LogP contribution < -0.4 is 4.90 Å². The molecule has 0 aromatic heterocycles. The van der Waals surface area contributed by atoms with Gasteiger partial charge in [-0.2, -0.15) is 10.2 Å². The van der Waals surface area contributed by atoms with Gasteiger partial charge in [0.1, 0.15) is 5.50 Å². The molecule has 0 N–H and O–H groups in total. The number of non-ortho nitro benzene ring substituents is 1. The molecule has 1 aromatic rings. The number of nitrogens with zero attached hydrogens (tertiary/aromatic N) is 4. The van der Waals surface area contributed by atoms with E-state index in [0.29, 0.717) is 0 Å². The van der Waals surface area contributed by atoms with Crippen molar-refractivity contribution in [2.24, 2.45) is 10.2 Å². The molecule has 9 heteroatoms. The van der Waals surface area contributed by atoms with E-state index >= 15 is 0 Å². The van der Waals surface area contributed by atoms with Crippen LogP contribution in [0, 0.1) is 10.1 Å². The van der Waals surface area contributed by atoms with Gasteiger partial charge in [0.15, 0.2) is 5.54 Å². The maximum Gasteiger partial charge on any atom is 0.271 e. The minimum Gasteiger partial charge on any atom is -0.274 e. The molecule has 0 saturated carbocycles. The number of hydrogen-bond acceptors (Lipinski definition) is 6. The van der Waals surface area contributed by atoms with Crippen molar-refractivity contribution < 1.29 is 14.5 Å². The number of anilines is 1. The SMILES string of the molecule is O=C1C[C@]2(C[C@H](Cl)N=N2)C(=O)N1c1cccc([N+](=O)[O-])c1. The molecule has 0 unspecified atom stereocenters. The second-order valence-electron chi connectivity index (χ2n) is 4.87. The van der Waals surface area contributed by atoms with Crippen molar-refractivity contribution in [3.63, 3.8) is 0 Å². The molecule has 8 nitrogen and oxygen atoms in total. The van der Waals surface area contributed by atoms with Crippen LogP contribution in [0.1, 0.15) is 12.8 Å². The fourth-order valence-electron chi connectivity index (χ4n) is 2.50. The first-order valence-corrected chi connectivity index (χ1v) is 6.54. The average molecular weight is 309 g/mol. The molecule has 2 heterocycles. The summed E-state index contributed by atoms with van der Waals surface area (Å²) in [5, 5.41) is 18.4. The Labute approximate surface area is 123 Å². The number of nitro groups is 1. The number of nitro benzene ring substituents is 1. The Morgan fingerprint density at radius 2 is 2.19 bits per heavy atom. The van der Waals surface area contributed by atoms with E-state index in [4.69, 9.17) is 11.6 Å². The number of carbonyl (C=O) groups excluding carboxylic acids is 2. The molecule has 0 bridgehead atoms. The van der Waals surface area contributed by atoms with Crippen molar-refractivity contribution in [3.05, 3.63) is 34.4 Å². The molecule has 0 aliphatic carbocycles. The van der Waals surface area contributed by atoms with E-state index in [0.717, 1.165) is 4.90 Å². The molecular formula is C12H9ClN4O4. The third-order valence-electron chi connectivity index (χ3n) is 3.47. The first-order chi connectivity index (χ1) is 9.93. The predicted molar refractivity (Wildman–Crippen MR) is 72.1 cm³/mol. The van der Waals surface area contributed by atoms with Crippen molar-refractivity contribution in [2.45, 2.75) is 23.9 Å². The number of imide groups is 1. The van der Waals surface area contributed by atoms with Crippen molar-refractivity contribution in [1.82, 2.24) is 0 Å². The Kier molecular flexibility index (Phi) is 2.98. The highest BCUT2D eigenvalue weighted by molar-refractivity contribution is 6.26. The molecule has 2 aliphatic rings. The van der Waals surface area contributed by atoms with E-state index < -0.39 is 27.8 Å². The zero-order valence-electron chi connectivity index (χ0n) is 10.6. The zero-order valence-corrected chi connectivity index (χ0v) is 11.4. The normalized spacial score (nSPS) is 27.9. The third kappa shape index (κ3) is 2.07. The van der Waals surface area contributed by atoms with Crippen molar-refractivity contribution in [2.75, 3.05) is 4.90 Å². The summed E-state index contributed by atoms with van der Waals surface area (Å²) in [6.45, 7) is 0. The number of carbonyl (C=O) groups is 2. The summed E-state index contributed by atoms with van der Waals surface area (Å²) >= 11 is 5.82. The van der Waals surface area contributed by atoms with Gasteiger partial charge in [0.05, 0.1) is 17.0 Å². The van der Waals surface area contributed by atoms with E-state index in [2.05, 4.69) is 10.2 Å². The van der Waals surface area contributed by atoms with Crippen molar-refractivity contribution >= 4 is 34.8 Å². The van der Waals surface area contributed by atoms with Crippen LogP contribution in [0.25, 0.3) is 0 Å². The van der Waals surface area contributed by atoms with Gasteiger partial charge in [0, 0.05) is 18.6 Å². The number of azo groups is 1. The van der Waals surface area contributed by atoms with Gasteiger partial charge in [-0.15, -0.1) is 0 Å². The van der Waals surface area contributed by atoms with Crippen LogP contribution in [0.15, 0.2) is 34.5 Å². The molecule has 1 spiro atoms. The molecule has 2 amide bonds. The first kappa shape index (κ1) is 13.6. The van der Waals surface area contributed by atoms with Gasteiger partial charge in [-0.3, -0.25) is 19.7 Å². The molecule has 3 rings (SSSR count). The van der Waals surface area contributed by atoms with Gasteiger partial charge in [-0.25, -0.2) is 4.90 Å². The molecule has 2 aliphatic heterocycles. The lowest BCUT2D eigenvalue weighted by Crippen LogP contribution is -2.38. The van der Waals surface area contributed by atoms with E-state index in [-0.39, 0.29) is 24.2 Å². The van der Waals surface area contributed by atoms with E-state index in [1.165, 1.54) is 24.3 Å². The number of halogens is 1. The van der Waals surface area contributed by atoms with E-state index in [1.54, 1.807) is 0 Å². The summed E-state index contributed by atoms with van der Waals surface area (Å²) in [6, 6.07) is 5.35. The Bertz CT molecular complexity index is 692. The van der Waals surface area contributed by atoms with E-state index in [9.17, 15) is 19.7 Å². The first-order valence-electron chi connectivity index (χ1n) is 6.11. The lowest BCUT2D eigenvalue weighted by Gasteiger charge is -2.17. The van der Waals surface area contributed by atoms with Gasteiger partial charge in [0.2, 0.25) is 5.91 Å². The molecule has 2 atom stereocenters. The Morgan fingerprint density at radius 3 is 2.81 bits per heavy atom. The van der Waals surface area contributed by atoms with Crippen LogP contribution >= 0.6 is 11.6 Å². The fourth-order valence-corrected chi connectivity index (χ4v) is 2.80. The number of benzene rings is 1. The second kappa shape index (κ2) is 4.59. The summed E-state index contributed by atoms with van der Waals surface area (Å²) in [5.74, 6) is -1.01. The number of rotatable bonds is 2. The van der Waals surface area contributed by atoms with Crippen LogP contribution in [-0.4, -0.2) is 27.8 Å². The highest BCUT2D eigenvalue weighted by atomic mass is 35.5. The summed E-state index contributed by atoms with van der Waals surface area (Å²) in [7, 11) is 0. The third-order valence-corrected chi connectivity index (χ3v) is 3.72. The van der Waals surface area contributed by atoms with Crippen LogP contribution in [0.5, 0.6) is 0 Å². The summed E-state index contributed by atoms with van der Waals surface area (Å²) in [6.07, 6.45) is 0.0335. The highest BCUT2D eigenvalue weighted by Gasteiger charge is 2.56. The topological polar surface area (TPSA) is 105 Å². The van der Waals surface area contributed by atoms with E-state index in [1.807, 2.05) is 0 Å². The molecule has 0 radical (unpaired) electrons. The second-order valence-corrected chi connectivity index (χ2v) is 5.38. The summed E-state index contributed by atoms with van der Waals surface area (Å²) in [4.78, 5) is 35.7. The zero-order chi connectivity index (χ0) is 15.2. The number of hydrogen-bond donors (Lipinski definition) is 0. The molecule has 1 aromatic carbocycles. The maximum atomic E-state index is 12.5. The predicted octanol–water partition coefficient (Wildman–Crippen LogP) is 2.02. The molecule has 1 fully saturated rings. The standard InChI is InChI=1S/C12H9ClN4O4/c13-9-5-12(15-14-9)6-10(18)16(11(12)19)7-2-1-3-8(4-7)17(20)21/h1-4,9H,5-6H2/t9-,12-/m1/s1. The van der Waals surface area contributed by atoms with Gasteiger partial charge < -0.3 is 0 Å². The maximum absolute atomic E-state index is 12.5. The van der Waals surface area contributed by atoms with Crippen LogP contribution in [0.2, 0.25) is 0 Å². The lowest BCUT2D eigenvalue weighted by molar-refractivity contribution is -0.384.